The Morgan fingerprint density at radius 3 is 1.83 bits per heavy atom. The van der Waals surface area contributed by atoms with Crippen LogP contribution in [-0.2, 0) is 19.5 Å². The Kier molecular flexibility index (Phi) is 4.96. The molecule has 0 bridgehead atoms. The van der Waals surface area contributed by atoms with Gasteiger partial charge in [0.15, 0.2) is 0 Å². The fraction of sp³-hybridized carbons (Fsp3) is 0. The molecular formula is C6H6N2O3Zn. The summed E-state index contributed by atoms with van der Waals surface area (Å²) in [5, 5.41) is 21.7. The van der Waals surface area contributed by atoms with Gasteiger partial charge in [-0.2, -0.15) is 0 Å². The Morgan fingerprint density at radius 1 is 1.08 bits per heavy atom. The molecule has 0 saturated heterocycles. The molecule has 1 heterocycles. The van der Waals surface area contributed by atoms with Crippen molar-refractivity contribution in [3.05, 3.63) is 23.7 Å². The summed E-state index contributed by atoms with van der Waals surface area (Å²) in [5.41, 5.74) is 0. The second kappa shape index (κ2) is 5.49. The van der Waals surface area contributed by atoms with Gasteiger partial charge in [-0.15, -0.1) is 0 Å². The first-order chi connectivity index (χ1) is 5.36. The van der Waals surface area contributed by atoms with Crippen molar-refractivity contribution in [1.29, 1.82) is 0 Å². The molecule has 0 fully saturated rings. The van der Waals surface area contributed by atoms with E-state index in [2.05, 4.69) is 10.3 Å². The quantitative estimate of drug-likeness (QED) is 0.336. The largest absolute Gasteiger partial charge is 0.454 e. The average molecular weight is 220 g/mol. The van der Waals surface area contributed by atoms with E-state index in [1.165, 1.54) is 0 Å². The first-order valence-electron chi connectivity index (χ1n) is 2.81. The minimum Gasteiger partial charge on any atom is -0.454 e. The molecule has 5 nitrogen and oxygen atoms in total. The number of hydrogen-bond acceptors (Lipinski definition) is 5. The Labute approximate surface area is 81.1 Å². The molecule has 0 aliphatic carbocycles. The normalized spacial score (nSPS) is 10.7. The summed E-state index contributed by atoms with van der Waals surface area (Å²) in [4.78, 5) is 0. The molecule has 12 heavy (non-hydrogen) atoms. The molecule has 0 aromatic carbocycles. The van der Waals surface area contributed by atoms with E-state index in [4.69, 9.17) is 14.8 Å². The summed E-state index contributed by atoms with van der Waals surface area (Å²) >= 11 is 0. The van der Waals surface area contributed by atoms with Crippen molar-refractivity contribution in [3.63, 3.8) is 0 Å². The van der Waals surface area contributed by atoms with Crippen LogP contribution in [0.25, 0.3) is 0 Å². The Balaban J connectivity index is 0.00000121. The standard InChI is InChI=1S/C6H6N2O3.Zn/c9-7-3-5-1-2-6(11-5)4-8-10;/h1-4,9-10H;. The van der Waals surface area contributed by atoms with Gasteiger partial charge in [0, 0.05) is 19.5 Å². The van der Waals surface area contributed by atoms with E-state index in [-0.39, 0.29) is 19.5 Å². The van der Waals surface area contributed by atoms with Gasteiger partial charge in [-0.1, -0.05) is 10.3 Å². The van der Waals surface area contributed by atoms with Gasteiger partial charge in [0.05, 0.1) is 0 Å². The van der Waals surface area contributed by atoms with Crippen LogP contribution in [0.2, 0.25) is 0 Å². The minimum atomic E-state index is 0. The summed E-state index contributed by atoms with van der Waals surface area (Å²) in [6.07, 6.45) is 2.27. The van der Waals surface area contributed by atoms with Crippen molar-refractivity contribution in [2.45, 2.75) is 0 Å². The van der Waals surface area contributed by atoms with E-state index < -0.39 is 0 Å². The van der Waals surface area contributed by atoms with Crippen LogP contribution in [0.4, 0.5) is 0 Å². The van der Waals surface area contributed by atoms with Crippen LogP contribution in [-0.4, -0.2) is 22.8 Å². The molecule has 0 radical (unpaired) electrons. The van der Waals surface area contributed by atoms with Gasteiger partial charge in [-0.25, -0.2) is 0 Å². The van der Waals surface area contributed by atoms with Crippen molar-refractivity contribution >= 4 is 12.4 Å². The van der Waals surface area contributed by atoms with E-state index in [1.54, 1.807) is 12.1 Å². The molecule has 1 aromatic rings. The maximum absolute atomic E-state index is 8.09. The minimum absolute atomic E-state index is 0. The molecule has 1 aromatic heterocycles. The van der Waals surface area contributed by atoms with E-state index in [1.807, 2.05) is 0 Å². The Bertz CT molecular complexity index is 256. The second-order valence-corrected chi connectivity index (χ2v) is 1.73. The molecule has 0 saturated carbocycles. The fourth-order valence-corrected chi connectivity index (χ4v) is 0.621. The molecule has 2 N–H and O–H groups in total. The third-order valence-electron chi connectivity index (χ3n) is 1.02. The van der Waals surface area contributed by atoms with Crippen molar-refractivity contribution in [3.8, 4) is 0 Å². The van der Waals surface area contributed by atoms with Crippen LogP contribution in [0.3, 0.4) is 0 Å². The number of nitrogens with zero attached hydrogens (tertiary/aromatic N) is 2. The molecule has 0 amide bonds. The first-order valence-corrected chi connectivity index (χ1v) is 2.81. The first kappa shape index (κ1) is 10.8. The van der Waals surface area contributed by atoms with Crippen LogP contribution in [0.15, 0.2) is 26.9 Å². The number of hydrogen-bond donors (Lipinski definition) is 2. The molecule has 0 aliphatic rings. The zero-order valence-corrected chi connectivity index (χ0v) is 9.18. The maximum Gasteiger partial charge on any atom is 0.149 e. The third kappa shape index (κ3) is 2.84. The number of oxime groups is 2. The molecule has 0 atom stereocenters. The molecule has 60 valence electrons. The van der Waals surface area contributed by atoms with Gasteiger partial charge in [0.2, 0.25) is 0 Å². The smallest absolute Gasteiger partial charge is 0.149 e. The van der Waals surface area contributed by atoms with Crippen LogP contribution in [0.1, 0.15) is 11.5 Å². The average Bonchev–Trinajstić information content (AvgIpc) is 2.38. The van der Waals surface area contributed by atoms with E-state index in [0.29, 0.717) is 11.5 Å². The molecule has 0 unspecified atom stereocenters. The summed E-state index contributed by atoms with van der Waals surface area (Å²) in [5.74, 6) is 0.782. The van der Waals surface area contributed by atoms with Crippen molar-refractivity contribution < 1.29 is 34.3 Å². The summed E-state index contributed by atoms with van der Waals surface area (Å²) < 4.78 is 4.95. The predicted molar refractivity (Wildman–Crippen MR) is 37.5 cm³/mol. The second-order valence-electron chi connectivity index (χ2n) is 1.73. The zero-order chi connectivity index (χ0) is 8.10. The number of rotatable bonds is 2. The third-order valence-corrected chi connectivity index (χ3v) is 1.02. The monoisotopic (exact) mass is 218 g/mol. The SMILES string of the molecule is ON=Cc1ccc(C=NO)o1.[Zn]. The van der Waals surface area contributed by atoms with Gasteiger partial charge >= 0.3 is 0 Å². The van der Waals surface area contributed by atoms with E-state index in [0.717, 1.165) is 12.4 Å². The van der Waals surface area contributed by atoms with Crippen LogP contribution >= 0.6 is 0 Å². The molecule has 1 rings (SSSR count). The van der Waals surface area contributed by atoms with Crippen LogP contribution in [0, 0.1) is 0 Å². The summed E-state index contributed by atoms with van der Waals surface area (Å²) in [6, 6.07) is 3.16. The Morgan fingerprint density at radius 2 is 1.50 bits per heavy atom. The van der Waals surface area contributed by atoms with Crippen molar-refractivity contribution in [2.75, 3.05) is 0 Å². The van der Waals surface area contributed by atoms with E-state index >= 15 is 0 Å². The topological polar surface area (TPSA) is 78.3 Å². The summed E-state index contributed by atoms with van der Waals surface area (Å²) in [6.45, 7) is 0. The Hall–Kier alpha value is -1.16. The molecule has 0 aliphatic heterocycles. The fourth-order valence-electron chi connectivity index (χ4n) is 0.621. The van der Waals surface area contributed by atoms with Gasteiger partial charge in [0.25, 0.3) is 0 Å². The molecule has 6 heteroatoms. The molecular weight excluding hydrogens is 213 g/mol. The van der Waals surface area contributed by atoms with Gasteiger partial charge in [-0.05, 0) is 12.1 Å². The molecule has 0 spiro atoms. The van der Waals surface area contributed by atoms with Crippen molar-refractivity contribution in [1.82, 2.24) is 0 Å². The van der Waals surface area contributed by atoms with E-state index in [9.17, 15) is 0 Å². The maximum atomic E-state index is 8.09. The van der Waals surface area contributed by atoms with Gasteiger partial charge in [0.1, 0.15) is 23.9 Å². The van der Waals surface area contributed by atoms with Crippen molar-refractivity contribution in [2.24, 2.45) is 10.3 Å². The summed E-state index contributed by atoms with van der Waals surface area (Å²) in [7, 11) is 0. The van der Waals surface area contributed by atoms with Gasteiger partial charge in [-0.3, -0.25) is 0 Å². The number of furan rings is 1. The zero-order valence-electron chi connectivity index (χ0n) is 6.21. The van der Waals surface area contributed by atoms with Gasteiger partial charge < -0.3 is 14.8 Å². The van der Waals surface area contributed by atoms with Crippen LogP contribution in [0.5, 0.6) is 0 Å². The van der Waals surface area contributed by atoms with Crippen LogP contribution < -0.4 is 0 Å². The predicted octanol–water partition coefficient (Wildman–Crippen LogP) is 0.893.